The Morgan fingerprint density at radius 3 is 2.39 bits per heavy atom. The number of amides is 1. The van der Waals surface area contributed by atoms with E-state index in [1.54, 1.807) is 12.1 Å². The van der Waals surface area contributed by atoms with Crippen LogP contribution in [0.25, 0.3) is 0 Å². The molecule has 2 aromatic rings. The maximum Gasteiger partial charge on any atom is 0.262 e. The Morgan fingerprint density at radius 1 is 1.13 bits per heavy atom. The van der Waals surface area contributed by atoms with Gasteiger partial charge in [0.2, 0.25) is 0 Å². The van der Waals surface area contributed by atoms with E-state index in [9.17, 15) is 4.79 Å². The molecule has 1 N–H and O–H groups in total. The summed E-state index contributed by atoms with van der Waals surface area (Å²) in [6.45, 7) is 6.17. The quantitative estimate of drug-likeness (QED) is 0.853. The zero-order valence-corrected chi connectivity index (χ0v) is 14.2. The molecule has 122 valence electrons. The number of para-hydroxylation sites is 2. The lowest BCUT2D eigenvalue weighted by Gasteiger charge is -2.13. The number of carbonyl (C=O) groups is 1. The van der Waals surface area contributed by atoms with E-state index in [0.29, 0.717) is 28.8 Å². The van der Waals surface area contributed by atoms with Crippen LogP contribution < -0.4 is 14.8 Å². The highest BCUT2D eigenvalue weighted by Gasteiger charge is 2.11. The monoisotopic (exact) mass is 333 g/mol. The summed E-state index contributed by atoms with van der Waals surface area (Å²) in [6, 6.07) is 11.0. The predicted molar refractivity (Wildman–Crippen MR) is 92.7 cm³/mol. The van der Waals surface area contributed by atoms with Crippen LogP contribution in [0.3, 0.4) is 0 Å². The molecular weight excluding hydrogens is 314 g/mol. The van der Waals surface area contributed by atoms with Crippen molar-refractivity contribution in [1.82, 2.24) is 0 Å². The first kappa shape index (κ1) is 17.2. The molecule has 0 aliphatic carbocycles. The molecule has 0 spiro atoms. The highest BCUT2D eigenvalue weighted by atomic mass is 35.5. The van der Waals surface area contributed by atoms with Crippen LogP contribution in [-0.4, -0.2) is 19.1 Å². The van der Waals surface area contributed by atoms with Gasteiger partial charge in [-0.25, -0.2) is 0 Å². The molecule has 2 rings (SSSR count). The molecule has 0 bridgehead atoms. The molecule has 0 saturated carbocycles. The number of rotatable bonds is 6. The van der Waals surface area contributed by atoms with Crippen LogP contribution in [0.15, 0.2) is 36.4 Å². The minimum atomic E-state index is -0.273. The number of hydrogen-bond acceptors (Lipinski definition) is 3. The van der Waals surface area contributed by atoms with Crippen LogP contribution in [-0.2, 0) is 4.79 Å². The lowest BCUT2D eigenvalue weighted by Crippen LogP contribution is -2.21. The summed E-state index contributed by atoms with van der Waals surface area (Å²) in [4.78, 5) is 12.1. The fourth-order valence-corrected chi connectivity index (χ4v) is 2.61. The summed E-state index contributed by atoms with van der Waals surface area (Å²) < 4.78 is 11.0. The highest BCUT2D eigenvalue weighted by molar-refractivity contribution is 6.34. The van der Waals surface area contributed by atoms with Crippen LogP contribution in [0.2, 0.25) is 5.02 Å². The molecule has 23 heavy (non-hydrogen) atoms. The SMILES string of the molecule is CCOc1ccccc1OCC(=O)Nc1c(C)cc(C)cc1Cl. The van der Waals surface area contributed by atoms with Gasteiger partial charge in [0.1, 0.15) is 0 Å². The van der Waals surface area contributed by atoms with Crippen molar-refractivity contribution in [2.24, 2.45) is 0 Å². The minimum Gasteiger partial charge on any atom is -0.490 e. The molecule has 0 radical (unpaired) electrons. The summed E-state index contributed by atoms with van der Waals surface area (Å²) >= 11 is 6.19. The minimum absolute atomic E-state index is 0.117. The Morgan fingerprint density at radius 2 is 1.78 bits per heavy atom. The lowest BCUT2D eigenvalue weighted by molar-refractivity contribution is -0.118. The maximum absolute atomic E-state index is 12.1. The Bertz CT molecular complexity index is 677. The lowest BCUT2D eigenvalue weighted by atomic mass is 10.1. The molecule has 0 saturated heterocycles. The molecule has 0 unspecified atom stereocenters. The number of nitrogens with one attached hydrogen (secondary N) is 1. The summed E-state index contributed by atoms with van der Waals surface area (Å²) in [7, 11) is 0. The van der Waals surface area contributed by atoms with Crippen LogP contribution in [0.4, 0.5) is 5.69 Å². The van der Waals surface area contributed by atoms with E-state index in [1.165, 1.54) is 0 Å². The molecule has 0 atom stereocenters. The van der Waals surface area contributed by atoms with Gasteiger partial charge < -0.3 is 14.8 Å². The van der Waals surface area contributed by atoms with Gasteiger partial charge in [-0.3, -0.25) is 4.79 Å². The second-order valence-electron chi connectivity index (χ2n) is 5.16. The van der Waals surface area contributed by atoms with Crippen molar-refractivity contribution in [2.75, 3.05) is 18.5 Å². The fourth-order valence-electron chi connectivity index (χ4n) is 2.24. The van der Waals surface area contributed by atoms with Gasteiger partial charge in [-0.1, -0.05) is 29.8 Å². The Labute approximate surface area is 141 Å². The summed E-state index contributed by atoms with van der Waals surface area (Å²) in [5.41, 5.74) is 2.58. The number of ether oxygens (including phenoxy) is 2. The van der Waals surface area contributed by atoms with E-state index in [2.05, 4.69) is 5.32 Å². The van der Waals surface area contributed by atoms with Crippen LogP contribution >= 0.6 is 11.6 Å². The number of anilines is 1. The molecule has 0 heterocycles. The van der Waals surface area contributed by atoms with Gasteiger partial charge in [0.25, 0.3) is 5.91 Å². The first-order valence-corrected chi connectivity index (χ1v) is 7.80. The largest absolute Gasteiger partial charge is 0.490 e. The van der Waals surface area contributed by atoms with Gasteiger partial charge in [0.05, 0.1) is 17.3 Å². The van der Waals surface area contributed by atoms with E-state index >= 15 is 0 Å². The van der Waals surface area contributed by atoms with Gasteiger partial charge in [0, 0.05) is 0 Å². The topological polar surface area (TPSA) is 47.6 Å². The Kier molecular flexibility index (Phi) is 5.88. The number of halogens is 1. The number of benzene rings is 2. The van der Waals surface area contributed by atoms with Gasteiger partial charge >= 0.3 is 0 Å². The van der Waals surface area contributed by atoms with Crippen LogP contribution in [0.5, 0.6) is 11.5 Å². The second kappa shape index (κ2) is 7.88. The molecule has 0 aliphatic rings. The van der Waals surface area contributed by atoms with Crippen molar-refractivity contribution in [2.45, 2.75) is 20.8 Å². The van der Waals surface area contributed by atoms with Gasteiger partial charge in [-0.15, -0.1) is 0 Å². The number of hydrogen-bond donors (Lipinski definition) is 1. The Balaban J connectivity index is 2.01. The van der Waals surface area contributed by atoms with Gasteiger partial charge in [0.15, 0.2) is 18.1 Å². The molecule has 1 amide bonds. The van der Waals surface area contributed by atoms with Gasteiger partial charge in [-0.05, 0) is 50.1 Å². The number of carbonyl (C=O) groups excluding carboxylic acids is 1. The molecule has 5 heteroatoms. The zero-order chi connectivity index (χ0) is 16.8. The van der Waals surface area contributed by atoms with E-state index in [0.717, 1.165) is 11.1 Å². The van der Waals surface area contributed by atoms with Crippen molar-refractivity contribution in [1.29, 1.82) is 0 Å². The smallest absolute Gasteiger partial charge is 0.262 e. The Hall–Kier alpha value is -2.20. The molecule has 4 nitrogen and oxygen atoms in total. The summed E-state index contributed by atoms with van der Waals surface area (Å²) in [6.07, 6.45) is 0. The molecule has 0 fully saturated rings. The third-order valence-electron chi connectivity index (χ3n) is 3.20. The average molecular weight is 334 g/mol. The average Bonchev–Trinajstić information content (AvgIpc) is 2.50. The zero-order valence-electron chi connectivity index (χ0n) is 13.5. The van der Waals surface area contributed by atoms with Crippen molar-refractivity contribution in [3.05, 3.63) is 52.5 Å². The van der Waals surface area contributed by atoms with E-state index in [4.69, 9.17) is 21.1 Å². The second-order valence-corrected chi connectivity index (χ2v) is 5.56. The first-order valence-electron chi connectivity index (χ1n) is 7.42. The third kappa shape index (κ3) is 4.63. The van der Waals surface area contributed by atoms with Crippen molar-refractivity contribution in [3.63, 3.8) is 0 Å². The predicted octanol–water partition coefficient (Wildman–Crippen LogP) is 4.37. The molecule has 0 aliphatic heterocycles. The molecule has 2 aromatic carbocycles. The fraction of sp³-hybridized carbons (Fsp3) is 0.278. The van der Waals surface area contributed by atoms with E-state index in [-0.39, 0.29) is 12.5 Å². The van der Waals surface area contributed by atoms with Crippen molar-refractivity contribution < 1.29 is 14.3 Å². The maximum atomic E-state index is 12.1. The van der Waals surface area contributed by atoms with E-state index < -0.39 is 0 Å². The third-order valence-corrected chi connectivity index (χ3v) is 3.50. The van der Waals surface area contributed by atoms with Crippen LogP contribution in [0.1, 0.15) is 18.1 Å². The molecule has 0 aromatic heterocycles. The van der Waals surface area contributed by atoms with Crippen molar-refractivity contribution in [3.8, 4) is 11.5 Å². The van der Waals surface area contributed by atoms with Crippen LogP contribution in [0, 0.1) is 13.8 Å². The summed E-state index contributed by atoms with van der Waals surface area (Å²) in [5, 5.41) is 3.31. The standard InChI is InChI=1S/C18H20ClNO3/c1-4-22-15-7-5-6-8-16(15)23-11-17(21)20-18-13(3)9-12(2)10-14(18)19/h5-10H,4,11H2,1-3H3,(H,20,21). The van der Waals surface area contributed by atoms with Crippen molar-refractivity contribution >= 4 is 23.2 Å². The first-order chi connectivity index (χ1) is 11.0. The normalized spacial score (nSPS) is 10.3. The number of aryl methyl sites for hydroxylation is 2. The summed E-state index contributed by atoms with van der Waals surface area (Å²) in [5.74, 6) is 0.883. The van der Waals surface area contributed by atoms with E-state index in [1.807, 2.05) is 45.0 Å². The molecular formula is C18H20ClNO3. The van der Waals surface area contributed by atoms with Gasteiger partial charge in [-0.2, -0.15) is 0 Å². The highest BCUT2D eigenvalue weighted by Crippen LogP contribution is 2.28.